The molecule has 3 nitrogen and oxygen atoms in total. The molecule has 0 bridgehead atoms. The fourth-order valence-corrected chi connectivity index (χ4v) is 4.54. The Morgan fingerprint density at radius 2 is 1.72 bits per heavy atom. The van der Waals surface area contributed by atoms with Crippen molar-refractivity contribution in [2.45, 2.75) is 50.6 Å². The van der Waals surface area contributed by atoms with E-state index in [0.717, 1.165) is 18.2 Å². The van der Waals surface area contributed by atoms with E-state index in [2.05, 4.69) is 18.4 Å². The largest absolute Gasteiger partial charge is 0.481 e. The molecule has 2 aromatic rings. The van der Waals surface area contributed by atoms with Crippen LogP contribution in [0.5, 0.6) is 0 Å². The number of piperidine rings is 1. The molecule has 2 aromatic carbocycles. The average Bonchev–Trinajstić information content (AvgIpc) is 2.78. The molecule has 1 aliphatic rings. The van der Waals surface area contributed by atoms with Gasteiger partial charge in [0.2, 0.25) is 0 Å². The van der Waals surface area contributed by atoms with Gasteiger partial charge in [0.25, 0.3) is 0 Å². The number of rotatable bonds is 5. The Bertz CT molecular complexity index is 1160. The van der Waals surface area contributed by atoms with Gasteiger partial charge in [0.05, 0.1) is 17.2 Å². The zero-order chi connectivity index (χ0) is 26.7. The van der Waals surface area contributed by atoms with Gasteiger partial charge in [-0.1, -0.05) is 48.8 Å². The van der Waals surface area contributed by atoms with Crippen molar-refractivity contribution in [3.05, 3.63) is 82.9 Å². The van der Waals surface area contributed by atoms with Crippen molar-refractivity contribution in [2.75, 3.05) is 6.54 Å². The lowest BCUT2D eigenvalue weighted by atomic mass is 9.83. The van der Waals surface area contributed by atoms with Gasteiger partial charge in [-0.2, -0.15) is 26.3 Å². The molecule has 3 atom stereocenters. The Morgan fingerprint density at radius 1 is 1.08 bits per heavy atom. The van der Waals surface area contributed by atoms with E-state index < -0.39 is 41.5 Å². The summed E-state index contributed by atoms with van der Waals surface area (Å²) >= 11 is 0. The van der Waals surface area contributed by atoms with Crippen molar-refractivity contribution in [2.24, 2.45) is 5.92 Å². The fourth-order valence-electron chi connectivity index (χ4n) is 4.54. The maximum absolute atomic E-state index is 13.9. The first-order chi connectivity index (χ1) is 16.8. The van der Waals surface area contributed by atoms with Crippen LogP contribution in [0, 0.1) is 17.8 Å². The van der Waals surface area contributed by atoms with Crippen LogP contribution in [-0.2, 0) is 17.1 Å². The molecule has 9 heteroatoms. The average molecular weight is 509 g/mol. The van der Waals surface area contributed by atoms with Gasteiger partial charge in [0.15, 0.2) is 0 Å². The van der Waals surface area contributed by atoms with Crippen molar-refractivity contribution < 1.29 is 36.2 Å². The quantitative estimate of drug-likeness (QED) is 0.340. The van der Waals surface area contributed by atoms with Gasteiger partial charge in [0.1, 0.15) is 0 Å². The number of alkyl halides is 6. The lowest BCUT2D eigenvalue weighted by Crippen LogP contribution is -2.40. The zero-order valence-electron chi connectivity index (χ0n) is 19.5. The molecule has 1 aliphatic heterocycles. The number of benzene rings is 2. The predicted octanol–water partition coefficient (Wildman–Crippen LogP) is 7.27. The summed E-state index contributed by atoms with van der Waals surface area (Å²) in [6.45, 7) is 5.54. The topological polar surface area (TPSA) is 40.5 Å². The Kier molecular flexibility index (Phi) is 8.19. The van der Waals surface area contributed by atoms with Crippen LogP contribution in [0.15, 0.2) is 60.7 Å². The lowest BCUT2D eigenvalue weighted by molar-refractivity contribution is -0.140. The normalized spacial score (nSPS) is 19.8. The van der Waals surface area contributed by atoms with Crippen molar-refractivity contribution in [1.82, 2.24) is 4.90 Å². The molecule has 1 saturated heterocycles. The van der Waals surface area contributed by atoms with Crippen molar-refractivity contribution in [1.29, 1.82) is 0 Å². The molecule has 0 aliphatic carbocycles. The number of carbonyl (C=O) groups is 1. The summed E-state index contributed by atoms with van der Waals surface area (Å²) in [5.74, 6) is 4.35. The Labute approximate surface area is 205 Å². The molecule has 0 spiro atoms. The zero-order valence-corrected chi connectivity index (χ0v) is 19.5. The number of allylic oxidation sites excluding steroid dienone is 1. The van der Waals surface area contributed by atoms with Crippen LogP contribution in [0.1, 0.15) is 60.5 Å². The van der Waals surface area contributed by atoms with Gasteiger partial charge in [0, 0.05) is 19.0 Å². The number of hydrogen-bond acceptors (Lipinski definition) is 2. The summed E-state index contributed by atoms with van der Waals surface area (Å²) in [7, 11) is 0. The molecule has 1 heterocycles. The van der Waals surface area contributed by atoms with E-state index in [0.29, 0.717) is 17.6 Å². The second-order valence-corrected chi connectivity index (χ2v) is 8.90. The maximum atomic E-state index is 13.9. The van der Waals surface area contributed by atoms with Crippen LogP contribution in [0.4, 0.5) is 26.3 Å². The third-order valence-electron chi connectivity index (χ3n) is 6.15. The van der Waals surface area contributed by atoms with Gasteiger partial charge < -0.3 is 5.11 Å². The van der Waals surface area contributed by atoms with E-state index in [1.54, 1.807) is 11.8 Å². The molecule has 192 valence electrons. The Balaban J connectivity index is 2.12. The number of nitrogens with zero attached hydrogens (tertiary/aromatic N) is 1. The number of likely N-dealkylation sites (tertiary alicyclic amines) is 1. The first-order valence-electron chi connectivity index (χ1n) is 11.2. The molecule has 0 unspecified atom stereocenters. The molecule has 1 N–H and O–H groups in total. The third-order valence-corrected chi connectivity index (χ3v) is 6.15. The minimum atomic E-state index is -4.65. The van der Waals surface area contributed by atoms with E-state index in [9.17, 15) is 36.2 Å². The van der Waals surface area contributed by atoms with E-state index in [4.69, 9.17) is 0 Å². The molecular formula is C27H25F6NO2. The van der Waals surface area contributed by atoms with E-state index in [1.165, 1.54) is 30.3 Å². The minimum absolute atomic E-state index is 0.0765. The second kappa shape index (κ2) is 10.8. The van der Waals surface area contributed by atoms with Crippen molar-refractivity contribution >= 4 is 5.97 Å². The Morgan fingerprint density at radius 3 is 2.28 bits per heavy atom. The monoisotopic (exact) mass is 509 g/mol. The first-order valence-corrected chi connectivity index (χ1v) is 11.2. The number of carboxylic acids is 1. The van der Waals surface area contributed by atoms with E-state index >= 15 is 0 Å². The van der Waals surface area contributed by atoms with Gasteiger partial charge >= 0.3 is 18.3 Å². The SMILES string of the molecule is C=C(C)C#C[C@H](c1ccccc1C(F)(F)F)N1CC[C@H](CC(=O)O)C[C@@H]1c1ccc(C(F)(F)F)cc1. The molecule has 0 radical (unpaired) electrons. The molecule has 3 rings (SSSR count). The minimum Gasteiger partial charge on any atom is -0.481 e. The van der Waals surface area contributed by atoms with Crippen LogP contribution >= 0.6 is 0 Å². The van der Waals surface area contributed by atoms with Crippen LogP contribution in [0.3, 0.4) is 0 Å². The third kappa shape index (κ3) is 6.70. The van der Waals surface area contributed by atoms with Crippen LogP contribution in [0.2, 0.25) is 0 Å². The summed E-state index contributed by atoms with van der Waals surface area (Å²) in [5, 5.41) is 9.28. The molecule has 0 saturated carbocycles. The van der Waals surface area contributed by atoms with E-state index in [1.807, 2.05) is 0 Å². The second-order valence-electron chi connectivity index (χ2n) is 8.90. The van der Waals surface area contributed by atoms with E-state index in [-0.39, 0.29) is 30.9 Å². The van der Waals surface area contributed by atoms with Crippen LogP contribution in [-0.4, -0.2) is 22.5 Å². The van der Waals surface area contributed by atoms with Crippen LogP contribution in [0.25, 0.3) is 0 Å². The predicted molar refractivity (Wildman–Crippen MR) is 123 cm³/mol. The number of halogens is 6. The Hall–Kier alpha value is -3.25. The number of carboxylic acid groups (broad SMARTS) is 1. The molecular weight excluding hydrogens is 484 g/mol. The van der Waals surface area contributed by atoms with Crippen molar-refractivity contribution in [3.63, 3.8) is 0 Å². The van der Waals surface area contributed by atoms with Gasteiger partial charge in [-0.05, 0) is 60.6 Å². The highest BCUT2D eigenvalue weighted by Crippen LogP contribution is 2.44. The molecule has 1 fully saturated rings. The lowest BCUT2D eigenvalue weighted by Gasteiger charge is -2.43. The standard InChI is InChI=1S/C27H25F6NO2/c1-17(2)7-12-23(21-5-3-4-6-22(21)27(31,32)33)34-14-13-18(16-25(35)36)15-24(34)19-8-10-20(11-9-19)26(28,29)30/h3-6,8-11,18,23-24H,1,13-16H2,2H3,(H,35,36)/t18-,23+,24+/m0/s1. The summed E-state index contributed by atoms with van der Waals surface area (Å²) in [4.78, 5) is 13.1. The maximum Gasteiger partial charge on any atom is 0.416 e. The molecule has 0 amide bonds. The number of aliphatic carboxylic acids is 1. The summed E-state index contributed by atoms with van der Waals surface area (Å²) in [6.07, 6.45) is -8.70. The van der Waals surface area contributed by atoms with Gasteiger partial charge in [-0.15, -0.1) is 0 Å². The van der Waals surface area contributed by atoms with Crippen LogP contribution < -0.4 is 0 Å². The summed E-state index contributed by atoms with van der Waals surface area (Å²) < 4.78 is 81.1. The fraction of sp³-hybridized carbons (Fsp3) is 0.370. The van der Waals surface area contributed by atoms with Gasteiger partial charge in [-0.25, -0.2) is 0 Å². The highest BCUT2D eigenvalue weighted by molar-refractivity contribution is 5.67. The molecule has 36 heavy (non-hydrogen) atoms. The highest BCUT2D eigenvalue weighted by atomic mass is 19.4. The van der Waals surface area contributed by atoms with Crippen molar-refractivity contribution in [3.8, 4) is 11.8 Å². The smallest absolute Gasteiger partial charge is 0.416 e. The summed E-state index contributed by atoms with van der Waals surface area (Å²) in [6, 6.07) is 7.81. The summed E-state index contributed by atoms with van der Waals surface area (Å²) in [5.41, 5.74) is -0.894. The van der Waals surface area contributed by atoms with Gasteiger partial charge in [-0.3, -0.25) is 9.69 Å². The number of hydrogen-bond donors (Lipinski definition) is 1. The first kappa shape index (κ1) is 27.3. The highest BCUT2D eigenvalue weighted by Gasteiger charge is 2.40. The molecule has 0 aromatic heterocycles.